The maximum atomic E-state index is 12.4. The van der Waals surface area contributed by atoms with E-state index in [0.717, 1.165) is 5.69 Å². The summed E-state index contributed by atoms with van der Waals surface area (Å²) in [7, 11) is 1.59. The Hall–Kier alpha value is -1.85. The number of nitrogens with zero attached hydrogens (tertiary/aromatic N) is 2. The number of amides is 1. The summed E-state index contributed by atoms with van der Waals surface area (Å²) in [5.41, 5.74) is 1.15. The second kappa shape index (κ2) is 7.07. The second-order valence-electron chi connectivity index (χ2n) is 4.15. The Morgan fingerprint density at radius 3 is 2.90 bits per heavy atom. The van der Waals surface area contributed by atoms with E-state index in [1.165, 1.54) is 6.26 Å². The van der Waals surface area contributed by atoms with Crippen molar-refractivity contribution in [3.63, 3.8) is 0 Å². The molecule has 6 heteroatoms. The van der Waals surface area contributed by atoms with Crippen molar-refractivity contribution < 1.29 is 13.9 Å². The van der Waals surface area contributed by atoms with Crippen LogP contribution in [0.1, 0.15) is 16.1 Å². The van der Waals surface area contributed by atoms with Crippen LogP contribution in [0.25, 0.3) is 0 Å². The first-order chi connectivity index (χ1) is 9.72. The van der Waals surface area contributed by atoms with Gasteiger partial charge in [0, 0.05) is 19.9 Å². The number of ether oxygens (including phenoxy) is 1. The summed E-state index contributed by atoms with van der Waals surface area (Å²) in [5, 5.41) is 0.0958. The first-order valence-corrected chi connectivity index (χ1v) is 6.51. The predicted molar refractivity (Wildman–Crippen MR) is 74.6 cm³/mol. The normalized spacial score (nSPS) is 10.5. The molecule has 1 amide bonds. The summed E-state index contributed by atoms with van der Waals surface area (Å²) in [5.74, 6) is -0.202. The Bertz CT molecular complexity index is 557. The third-order valence-electron chi connectivity index (χ3n) is 2.78. The molecule has 106 valence electrons. The second-order valence-corrected chi connectivity index (χ2v) is 4.49. The van der Waals surface area contributed by atoms with Crippen LogP contribution in [0.4, 0.5) is 0 Å². The van der Waals surface area contributed by atoms with Crippen molar-refractivity contribution in [2.24, 2.45) is 0 Å². The smallest absolute Gasteiger partial charge is 0.259 e. The van der Waals surface area contributed by atoms with E-state index in [9.17, 15) is 4.79 Å². The first-order valence-electron chi connectivity index (χ1n) is 6.13. The maximum Gasteiger partial charge on any atom is 0.259 e. The SMILES string of the molecule is COCCN(Cc1ccccn1)C(=O)c1ccoc1Cl. The quantitative estimate of drug-likeness (QED) is 0.822. The predicted octanol–water partition coefficient (Wildman–Crippen LogP) is 2.62. The fraction of sp³-hybridized carbons (Fsp3) is 0.286. The molecule has 0 saturated carbocycles. The van der Waals surface area contributed by atoms with Gasteiger partial charge in [0.15, 0.2) is 0 Å². The molecule has 2 aromatic heterocycles. The highest BCUT2D eigenvalue weighted by Crippen LogP contribution is 2.19. The van der Waals surface area contributed by atoms with Crippen LogP contribution in [0.3, 0.4) is 0 Å². The van der Waals surface area contributed by atoms with Crippen molar-refractivity contribution in [2.45, 2.75) is 6.54 Å². The van der Waals surface area contributed by atoms with Crippen molar-refractivity contribution in [1.29, 1.82) is 0 Å². The number of methoxy groups -OCH3 is 1. The van der Waals surface area contributed by atoms with Gasteiger partial charge in [-0.25, -0.2) is 0 Å². The van der Waals surface area contributed by atoms with Crippen LogP contribution >= 0.6 is 11.6 Å². The molecule has 0 radical (unpaired) electrons. The molecule has 5 nitrogen and oxygen atoms in total. The zero-order valence-electron chi connectivity index (χ0n) is 11.1. The minimum atomic E-state index is -0.202. The van der Waals surface area contributed by atoms with E-state index in [1.54, 1.807) is 24.3 Å². The zero-order valence-corrected chi connectivity index (χ0v) is 11.8. The van der Waals surface area contributed by atoms with Crippen LogP contribution in [-0.4, -0.2) is 36.1 Å². The number of hydrogen-bond acceptors (Lipinski definition) is 4. The zero-order chi connectivity index (χ0) is 14.4. The maximum absolute atomic E-state index is 12.4. The van der Waals surface area contributed by atoms with E-state index in [0.29, 0.717) is 25.3 Å². The molecule has 0 N–H and O–H groups in total. The van der Waals surface area contributed by atoms with E-state index in [2.05, 4.69) is 4.98 Å². The standard InChI is InChI=1S/C14H15ClN2O3/c1-19-9-7-17(10-11-4-2-3-6-16-11)14(18)12-5-8-20-13(12)15/h2-6,8H,7,9-10H2,1H3. The summed E-state index contributed by atoms with van der Waals surface area (Å²) < 4.78 is 10.00. The van der Waals surface area contributed by atoms with Gasteiger partial charge >= 0.3 is 0 Å². The summed E-state index contributed by atoms with van der Waals surface area (Å²) in [6.07, 6.45) is 3.09. The molecule has 0 aliphatic rings. The van der Waals surface area contributed by atoms with Crippen LogP contribution in [0.2, 0.25) is 5.22 Å². The van der Waals surface area contributed by atoms with Crippen LogP contribution in [0.15, 0.2) is 41.1 Å². The summed E-state index contributed by atoms with van der Waals surface area (Å²) >= 11 is 5.85. The van der Waals surface area contributed by atoms with Crippen molar-refractivity contribution in [2.75, 3.05) is 20.3 Å². The van der Waals surface area contributed by atoms with Gasteiger partial charge in [0.2, 0.25) is 5.22 Å². The molecule has 20 heavy (non-hydrogen) atoms. The Labute approximate surface area is 122 Å². The molecular formula is C14H15ClN2O3. The van der Waals surface area contributed by atoms with Gasteiger partial charge in [-0.3, -0.25) is 9.78 Å². The molecule has 0 aromatic carbocycles. The van der Waals surface area contributed by atoms with Crippen LogP contribution in [-0.2, 0) is 11.3 Å². The van der Waals surface area contributed by atoms with E-state index in [1.807, 2.05) is 18.2 Å². The fourth-order valence-electron chi connectivity index (χ4n) is 1.76. The topological polar surface area (TPSA) is 55.6 Å². The van der Waals surface area contributed by atoms with E-state index in [4.69, 9.17) is 20.8 Å². The lowest BCUT2D eigenvalue weighted by atomic mass is 10.2. The molecular weight excluding hydrogens is 280 g/mol. The highest BCUT2D eigenvalue weighted by molar-refractivity contribution is 6.32. The lowest BCUT2D eigenvalue weighted by Gasteiger charge is -2.21. The van der Waals surface area contributed by atoms with Gasteiger partial charge in [-0.15, -0.1) is 0 Å². The van der Waals surface area contributed by atoms with Crippen LogP contribution in [0, 0.1) is 0 Å². The fourth-order valence-corrected chi connectivity index (χ4v) is 1.95. The van der Waals surface area contributed by atoms with Gasteiger partial charge in [0.1, 0.15) is 0 Å². The number of rotatable bonds is 6. The van der Waals surface area contributed by atoms with Gasteiger partial charge in [0.25, 0.3) is 5.91 Å². The Morgan fingerprint density at radius 1 is 1.45 bits per heavy atom. The Balaban J connectivity index is 2.15. The van der Waals surface area contributed by atoms with Gasteiger partial charge in [-0.1, -0.05) is 6.07 Å². The van der Waals surface area contributed by atoms with Gasteiger partial charge < -0.3 is 14.1 Å². The largest absolute Gasteiger partial charge is 0.452 e. The highest BCUT2D eigenvalue weighted by Gasteiger charge is 2.20. The summed E-state index contributed by atoms with van der Waals surface area (Å²) in [6, 6.07) is 7.14. The molecule has 0 saturated heterocycles. The number of halogens is 1. The van der Waals surface area contributed by atoms with E-state index < -0.39 is 0 Å². The minimum Gasteiger partial charge on any atom is -0.452 e. The van der Waals surface area contributed by atoms with Gasteiger partial charge in [-0.05, 0) is 29.8 Å². The average Bonchev–Trinajstić information content (AvgIpc) is 2.90. The molecule has 0 fully saturated rings. The molecule has 2 aromatic rings. The van der Waals surface area contributed by atoms with E-state index in [-0.39, 0.29) is 11.1 Å². The molecule has 2 rings (SSSR count). The Kier molecular flexibility index (Phi) is 5.15. The highest BCUT2D eigenvalue weighted by atomic mass is 35.5. The molecule has 0 aliphatic heterocycles. The molecule has 0 atom stereocenters. The average molecular weight is 295 g/mol. The Morgan fingerprint density at radius 2 is 2.30 bits per heavy atom. The summed E-state index contributed by atoms with van der Waals surface area (Å²) in [4.78, 5) is 18.3. The number of carbonyl (C=O) groups excluding carboxylic acids is 1. The number of hydrogen-bond donors (Lipinski definition) is 0. The number of furan rings is 1. The number of aromatic nitrogens is 1. The third kappa shape index (κ3) is 3.59. The number of carbonyl (C=O) groups is 1. The van der Waals surface area contributed by atoms with Crippen LogP contribution < -0.4 is 0 Å². The first kappa shape index (κ1) is 14.6. The summed E-state index contributed by atoms with van der Waals surface area (Å²) in [6.45, 7) is 1.28. The van der Waals surface area contributed by atoms with Crippen molar-refractivity contribution in [1.82, 2.24) is 9.88 Å². The molecule has 2 heterocycles. The van der Waals surface area contributed by atoms with E-state index >= 15 is 0 Å². The van der Waals surface area contributed by atoms with Crippen molar-refractivity contribution in [3.05, 3.63) is 53.2 Å². The molecule has 0 spiro atoms. The van der Waals surface area contributed by atoms with Crippen molar-refractivity contribution >= 4 is 17.5 Å². The van der Waals surface area contributed by atoms with Gasteiger partial charge in [-0.2, -0.15) is 0 Å². The molecule has 0 unspecified atom stereocenters. The third-order valence-corrected chi connectivity index (χ3v) is 3.07. The lowest BCUT2D eigenvalue weighted by molar-refractivity contribution is 0.0677. The number of pyridine rings is 1. The monoisotopic (exact) mass is 294 g/mol. The van der Waals surface area contributed by atoms with Crippen molar-refractivity contribution in [3.8, 4) is 0 Å². The molecule has 0 aliphatic carbocycles. The lowest BCUT2D eigenvalue weighted by Crippen LogP contribution is -2.33. The molecule has 0 bridgehead atoms. The minimum absolute atomic E-state index is 0.0958. The van der Waals surface area contributed by atoms with Gasteiger partial charge in [0.05, 0.1) is 30.7 Å². The van der Waals surface area contributed by atoms with Crippen LogP contribution in [0.5, 0.6) is 0 Å².